The van der Waals surface area contributed by atoms with E-state index in [2.05, 4.69) is 10.2 Å². The number of rotatable bonds is 4. The zero-order valence-corrected chi connectivity index (χ0v) is 15.4. The van der Waals surface area contributed by atoms with Gasteiger partial charge in [0.2, 0.25) is 5.91 Å². The van der Waals surface area contributed by atoms with E-state index in [0.717, 1.165) is 11.4 Å². The number of hydrogen-bond donors (Lipinski definition) is 1. The number of amides is 2. The van der Waals surface area contributed by atoms with E-state index in [1.54, 1.807) is 4.90 Å². The highest BCUT2D eigenvalue weighted by Crippen LogP contribution is 2.27. The fourth-order valence-electron chi connectivity index (χ4n) is 2.63. The summed E-state index contributed by atoms with van der Waals surface area (Å²) in [7, 11) is 1.49. The lowest BCUT2D eigenvalue weighted by Crippen LogP contribution is -2.50. The van der Waals surface area contributed by atoms with Crippen LogP contribution < -0.4 is 10.2 Å². The van der Waals surface area contributed by atoms with Crippen LogP contribution in [0.4, 0.5) is 16.2 Å². The molecule has 1 N–H and O–H groups in total. The van der Waals surface area contributed by atoms with Crippen molar-refractivity contribution < 1.29 is 19.1 Å². The molecule has 0 saturated carbocycles. The van der Waals surface area contributed by atoms with E-state index in [9.17, 15) is 9.59 Å². The minimum Gasteiger partial charge on any atom is -0.444 e. The molecule has 0 unspecified atom stereocenters. The number of piperazine rings is 1. The lowest BCUT2D eigenvalue weighted by atomic mass is 10.2. The minimum absolute atomic E-state index is 0.0146. The number of carbonyl (C=O) groups is 2. The molecule has 0 bridgehead atoms. The molecule has 7 nitrogen and oxygen atoms in total. The Kier molecular flexibility index (Phi) is 6.25. The number of anilines is 2. The Balaban J connectivity index is 1.99. The van der Waals surface area contributed by atoms with Crippen LogP contribution in [0.1, 0.15) is 20.8 Å². The SMILES string of the molecule is COCC(=O)Nc1ccccc1N1CCN(C(=O)OC(C)(C)C)CC1. The summed E-state index contributed by atoms with van der Waals surface area (Å²) in [6, 6.07) is 7.64. The molecule has 25 heavy (non-hydrogen) atoms. The van der Waals surface area contributed by atoms with Crippen molar-refractivity contribution in [3.05, 3.63) is 24.3 Å². The van der Waals surface area contributed by atoms with E-state index in [4.69, 9.17) is 9.47 Å². The summed E-state index contributed by atoms with van der Waals surface area (Å²) >= 11 is 0. The normalized spacial score (nSPS) is 15.0. The maximum absolute atomic E-state index is 12.2. The molecule has 138 valence electrons. The first-order valence-corrected chi connectivity index (χ1v) is 8.41. The predicted molar refractivity (Wildman–Crippen MR) is 97.0 cm³/mol. The maximum Gasteiger partial charge on any atom is 0.410 e. The maximum atomic E-state index is 12.2. The zero-order valence-electron chi connectivity index (χ0n) is 15.4. The Morgan fingerprint density at radius 2 is 1.76 bits per heavy atom. The van der Waals surface area contributed by atoms with Gasteiger partial charge < -0.3 is 24.6 Å². The smallest absolute Gasteiger partial charge is 0.410 e. The average molecular weight is 349 g/mol. The largest absolute Gasteiger partial charge is 0.444 e. The third-order valence-electron chi connectivity index (χ3n) is 3.73. The summed E-state index contributed by atoms with van der Waals surface area (Å²) in [6.07, 6.45) is -0.283. The monoisotopic (exact) mass is 349 g/mol. The second-order valence-corrected chi connectivity index (χ2v) is 6.95. The van der Waals surface area contributed by atoms with Crippen LogP contribution >= 0.6 is 0 Å². The third kappa shape index (κ3) is 5.63. The van der Waals surface area contributed by atoms with Crippen molar-refractivity contribution in [2.24, 2.45) is 0 Å². The molecular weight excluding hydrogens is 322 g/mol. The van der Waals surface area contributed by atoms with Gasteiger partial charge in [-0.3, -0.25) is 4.79 Å². The number of benzene rings is 1. The number of nitrogens with zero attached hydrogens (tertiary/aromatic N) is 2. The van der Waals surface area contributed by atoms with Crippen LogP contribution in [0.2, 0.25) is 0 Å². The van der Waals surface area contributed by atoms with Gasteiger partial charge in [-0.1, -0.05) is 12.1 Å². The van der Waals surface area contributed by atoms with Gasteiger partial charge in [0.15, 0.2) is 0 Å². The van der Waals surface area contributed by atoms with Crippen LogP contribution in [0, 0.1) is 0 Å². The van der Waals surface area contributed by atoms with Gasteiger partial charge in [0, 0.05) is 33.3 Å². The molecule has 0 atom stereocenters. The number of hydrogen-bond acceptors (Lipinski definition) is 5. The van der Waals surface area contributed by atoms with E-state index in [0.29, 0.717) is 26.2 Å². The van der Waals surface area contributed by atoms with Crippen LogP contribution in [0.5, 0.6) is 0 Å². The lowest BCUT2D eigenvalue weighted by Gasteiger charge is -2.37. The average Bonchev–Trinajstić information content (AvgIpc) is 2.54. The van der Waals surface area contributed by atoms with Crippen molar-refractivity contribution in [3.8, 4) is 0 Å². The van der Waals surface area contributed by atoms with E-state index >= 15 is 0 Å². The highest BCUT2D eigenvalue weighted by Gasteiger charge is 2.26. The van der Waals surface area contributed by atoms with Gasteiger partial charge in [-0.05, 0) is 32.9 Å². The molecule has 0 radical (unpaired) electrons. The fourth-order valence-corrected chi connectivity index (χ4v) is 2.63. The highest BCUT2D eigenvalue weighted by atomic mass is 16.6. The van der Waals surface area contributed by atoms with Crippen molar-refractivity contribution in [2.45, 2.75) is 26.4 Å². The molecule has 2 rings (SSSR count). The number of carbonyl (C=O) groups excluding carboxylic acids is 2. The molecule has 1 aliphatic rings. The summed E-state index contributed by atoms with van der Waals surface area (Å²) in [5.41, 5.74) is 1.19. The van der Waals surface area contributed by atoms with Crippen molar-refractivity contribution in [1.29, 1.82) is 0 Å². The van der Waals surface area contributed by atoms with Crippen molar-refractivity contribution in [1.82, 2.24) is 4.90 Å². The number of methoxy groups -OCH3 is 1. The number of para-hydroxylation sites is 2. The van der Waals surface area contributed by atoms with Crippen LogP contribution in [0.15, 0.2) is 24.3 Å². The van der Waals surface area contributed by atoms with Gasteiger partial charge in [-0.15, -0.1) is 0 Å². The first-order chi connectivity index (χ1) is 11.8. The second kappa shape index (κ2) is 8.20. The van der Waals surface area contributed by atoms with Crippen molar-refractivity contribution in [2.75, 3.05) is 50.1 Å². The van der Waals surface area contributed by atoms with Crippen molar-refractivity contribution in [3.63, 3.8) is 0 Å². The van der Waals surface area contributed by atoms with Crippen LogP contribution in [-0.4, -0.2) is 62.4 Å². The molecule has 0 aromatic heterocycles. The summed E-state index contributed by atoms with van der Waals surface area (Å²) < 4.78 is 10.3. The minimum atomic E-state index is -0.494. The van der Waals surface area contributed by atoms with Gasteiger partial charge in [-0.25, -0.2) is 4.79 Å². The van der Waals surface area contributed by atoms with Crippen molar-refractivity contribution >= 4 is 23.4 Å². The molecule has 1 aromatic rings. The fraction of sp³-hybridized carbons (Fsp3) is 0.556. The van der Waals surface area contributed by atoms with Crippen LogP contribution in [-0.2, 0) is 14.3 Å². The summed E-state index contributed by atoms with van der Waals surface area (Å²) in [5, 5.41) is 2.86. The summed E-state index contributed by atoms with van der Waals surface area (Å²) in [5.74, 6) is -0.192. The van der Waals surface area contributed by atoms with Crippen LogP contribution in [0.25, 0.3) is 0 Å². The molecule has 0 aliphatic carbocycles. The zero-order chi connectivity index (χ0) is 18.4. The topological polar surface area (TPSA) is 71.1 Å². The molecule has 1 aromatic carbocycles. The third-order valence-corrected chi connectivity index (χ3v) is 3.73. The Bertz CT molecular complexity index is 605. The highest BCUT2D eigenvalue weighted by molar-refractivity contribution is 5.95. The summed E-state index contributed by atoms with van der Waals surface area (Å²) in [4.78, 5) is 27.8. The first-order valence-electron chi connectivity index (χ1n) is 8.41. The van der Waals surface area contributed by atoms with E-state index < -0.39 is 5.60 Å². The van der Waals surface area contributed by atoms with E-state index in [1.165, 1.54) is 7.11 Å². The van der Waals surface area contributed by atoms with E-state index in [-0.39, 0.29) is 18.6 Å². The van der Waals surface area contributed by atoms with Gasteiger partial charge in [0.05, 0.1) is 11.4 Å². The summed E-state index contributed by atoms with van der Waals surface area (Å²) in [6.45, 7) is 8.11. The van der Waals surface area contributed by atoms with E-state index in [1.807, 2.05) is 45.0 Å². The lowest BCUT2D eigenvalue weighted by molar-refractivity contribution is -0.119. The Morgan fingerprint density at radius 3 is 2.36 bits per heavy atom. The Labute approximate surface area is 148 Å². The predicted octanol–water partition coefficient (Wildman–Crippen LogP) is 2.33. The molecule has 0 spiro atoms. The Hall–Kier alpha value is -2.28. The van der Waals surface area contributed by atoms with Gasteiger partial charge >= 0.3 is 6.09 Å². The van der Waals surface area contributed by atoms with Gasteiger partial charge in [0.1, 0.15) is 12.2 Å². The molecule has 1 heterocycles. The quantitative estimate of drug-likeness (QED) is 0.903. The van der Waals surface area contributed by atoms with Gasteiger partial charge in [0.25, 0.3) is 0 Å². The molecule has 1 saturated heterocycles. The number of nitrogens with one attached hydrogen (secondary N) is 1. The first kappa shape index (κ1) is 19.1. The Morgan fingerprint density at radius 1 is 1.12 bits per heavy atom. The molecule has 1 fully saturated rings. The van der Waals surface area contributed by atoms with Gasteiger partial charge in [-0.2, -0.15) is 0 Å². The molecule has 7 heteroatoms. The number of ether oxygens (including phenoxy) is 2. The van der Waals surface area contributed by atoms with Crippen LogP contribution in [0.3, 0.4) is 0 Å². The second-order valence-electron chi connectivity index (χ2n) is 6.95. The standard InChI is InChI=1S/C18H27N3O4/c1-18(2,3)25-17(23)21-11-9-20(10-12-21)15-8-6-5-7-14(15)19-16(22)13-24-4/h5-8H,9-13H2,1-4H3,(H,19,22). The molecule has 2 amide bonds. The molecule has 1 aliphatic heterocycles. The molecular formula is C18H27N3O4.